The van der Waals surface area contributed by atoms with Crippen LogP contribution in [-0.2, 0) is 14.4 Å². The van der Waals surface area contributed by atoms with Gasteiger partial charge in [-0.3, -0.25) is 19.7 Å². The van der Waals surface area contributed by atoms with E-state index >= 15 is 0 Å². The lowest BCUT2D eigenvalue weighted by atomic mass is 10.6. The minimum Gasteiger partial charge on any atom is -0.296 e. The van der Waals surface area contributed by atoms with Crippen LogP contribution in [0.25, 0.3) is 0 Å². The third-order valence-electron chi connectivity index (χ3n) is 0.828. The van der Waals surface area contributed by atoms with Gasteiger partial charge < -0.3 is 0 Å². The molecule has 0 aliphatic heterocycles. The predicted octanol–water partition coefficient (Wildman–Crippen LogP) is 0.0949. The summed E-state index contributed by atoms with van der Waals surface area (Å²) in [4.78, 5) is 31.6. The topological polar surface area (TPSA) is 63.2 Å². The van der Waals surface area contributed by atoms with Crippen molar-refractivity contribution >= 4 is 28.7 Å². The predicted molar refractivity (Wildman–Crippen MR) is 46.5 cm³/mol. The molecule has 4 nitrogen and oxygen atoms in total. The van der Waals surface area contributed by atoms with E-state index in [0.717, 1.165) is 17.8 Å². The van der Waals surface area contributed by atoms with Gasteiger partial charge in [0.1, 0.15) is 0 Å². The number of hydrogen-bond donors (Lipinski definition) is 1. The van der Waals surface area contributed by atoms with Gasteiger partial charge in [0.05, 0.1) is 5.75 Å². The fourth-order valence-electron chi connectivity index (χ4n) is 0.428. The molecule has 0 aromatic rings. The number of hydrogen-bond acceptors (Lipinski definition) is 4. The molecule has 0 aromatic carbocycles. The van der Waals surface area contributed by atoms with Crippen molar-refractivity contribution in [2.75, 3.05) is 5.75 Å². The van der Waals surface area contributed by atoms with Crippen molar-refractivity contribution < 1.29 is 14.4 Å². The first-order valence-corrected chi connectivity index (χ1v) is 4.14. The van der Waals surface area contributed by atoms with Gasteiger partial charge in [0.15, 0.2) is 0 Å². The van der Waals surface area contributed by atoms with Crippen molar-refractivity contribution in [2.45, 2.75) is 6.92 Å². The van der Waals surface area contributed by atoms with Crippen LogP contribution < -0.4 is 5.32 Å². The highest BCUT2D eigenvalue weighted by atomic mass is 32.2. The summed E-state index contributed by atoms with van der Waals surface area (Å²) in [5.74, 6) is -0.945. The quantitative estimate of drug-likeness (QED) is 0.636. The molecular weight excluding hydrogens is 178 g/mol. The van der Waals surface area contributed by atoms with Crippen LogP contribution >= 0.6 is 11.8 Å². The van der Waals surface area contributed by atoms with Gasteiger partial charge in [-0.25, -0.2) is 0 Å². The zero-order valence-corrected chi connectivity index (χ0v) is 7.44. The molecule has 0 rings (SSSR count). The van der Waals surface area contributed by atoms with Crippen LogP contribution in [-0.4, -0.2) is 22.7 Å². The van der Waals surface area contributed by atoms with Crippen LogP contribution in [0.5, 0.6) is 0 Å². The van der Waals surface area contributed by atoms with Crippen molar-refractivity contribution in [2.24, 2.45) is 0 Å². The smallest absolute Gasteiger partial charge is 0.237 e. The second-order valence-electron chi connectivity index (χ2n) is 1.92. The van der Waals surface area contributed by atoms with Crippen molar-refractivity contribution in [1.29, 1.82) is 0 Å². The molecule has 0 radical (unpaired) electrons. The summed E-state index contributed by atoms with van der Waals surface area (Å²) in [5.41, 5.74) is 0. The zero-order valence-electron chi connectivity index (χ0n) is 6.62. The Hall–Kier alpha value is -1.10. The number of imide groups is 1. The van der Waals surface area contributed by atoms with E-state index in [0.29, 0.717) is 0 Å². The summed E-state index contributed by atoms with van der Waals surface area (Å²) in [7, 11) is 0. The highest BCUT2D eigenvalue weighted by Gasteiger charge is 2.05. The first kappa shape index (κ1) is 10.9. The second kappa shape index (κ2) is 5.54. The Bertz CT molecular complexity index is 225. The number of carbonyl (C=O) groups excluding carboxylic acids is 3. The van der Waals surface area contributed by atoms with E-state index in [9.17, 15) is 14.4 Å². The molecule has 0 spiro atoms. The van der Waals surface area contributed by atoms with E-state index in [-0.39, 0.29) is 10.9 Å². The van der Waals surface area contributed by atoms with Gasteiger partial charge in [0.2, 0.25) is 16.9 Å². The largest absolute Gasteiger partial charge is 0.296 e. The Morgan fingerprint density at radius 3 is 2.50 bits per heavy atom. The normalized spacial score (nSPS) is 8.75. The highest BCUT2D eigenvalue weighted by molar-refractivity contribution is 8.14. The fourth-order valence-corrected chi connectivity index (χ4v) is 0.891. The zero-order chi connectivity index (χ0) is 9.56. The van der Waals surface area contributed by atoms with E-state index in [1.165, 1.54) is 6.92 Å². The summed E-state index contributed by atoms with van der Waals surface area (Å²) >= 11 is 0.805. The summed E-state index contributed by atoms with van der Waals surface area (Å²) in [5, 5.41) is 1.75. The maximum atomic E-state index is 10.7. The monoisotopic (exact) mass is 187 g/mol. The molecule has 0 saturated carbocycles. The van der Waals surface area contributed by atoms with E-state index in [2.05, 4.69) is 6.58 Å². The Balaban J connectivity index is 3.64. The SMILES string of the molecule is C=CC(=O)SCC(=O)NC(C)=O. The fraction of sp³-hybridized carbons (Fsp3) is 0.286. The summed E-state index contributed by atoms with van der Waals surface area (Å²) < 4.78 is 0. The first-order valence-electron chi connectivity index (χ1n) is 3.16. The van der Waals surface area contributed by atoms with Gasteiger partial charge in [-0.1, -0.05) is 18.3 Å². The Labute approximate surface area is 74.4 Å². The molecule has 66 valence electrons. The van der Waals surface area contributed by atoms with Crippen LogP contribution in [0, 0.1) is 0 Å². The average Bonchev–Trinajstić information content (AvgIpc) is 1.99. The van der Waals surface area contributed by atoms with Crippen LogP contribution in [0.2, 0.25) is 0 Å². The molecule has 0 unspecified atom stereocenters. The molecule has 0 atom stereocenters. The molecule has 0 fully saturated rings. The van der Waals surface area contributed by atoms with Crippen molar-refractivity contribution in [1.82, 2.24) is 5.32 Å². The lowest BCUT2D eigenvalue weighted by Gasteiger charge is -1.97. The third-order valence-corrected chi connectivity index (χ3v) is 1.69. The molecule has 5 heteroatoms. The summed E-state index contributed by atoms with van der Waals surface area (Å²) in [6.45, 7) is 4.46. The maximum Gasteiger partial charge on any atom is 0.237 e. The molecular formula is C7H9NO3S. The van der Waals surface area contributed by atoms with Crippen molar-refractivity contribution in [3.8, 4) is 0 Å². The summed E-state index contributed by atoms with van der Waals surface area (Å²) in [6, 6.07) is 0. The minimum absolute atomic E-state index is 0.0512. The standard InChI is InChI=1S/C7H9NO3S/c1-3-7(11)12-4-6(10)8-5(2)9/h3H,1,4H2,2H3,(H,8,9,10). The van der Waals surface area contributed by atoms with Crippen molar-refractivity contribution in [3.63, 3.8) is 0 Å². The van der Waals surface area contributed by atoms with Gasteiger partial charge in [0.25, 0.3) is 0 Å². The van der Waals surface area contributed by atoms with Gasteiger partial charge in [-0.15, -0.1) is 0 Å². The van der Waals surface area contributed by atoms with Gasteiger partial charge >= 0.3 is 0 Å². The van der Waals surface area contributed by atoms with Crippen LogP contribution in [0.4, 0.5) is 0 Å². The summed E-state index contributed by atoms with van der Waals surface area (Å²) in [6.07, 6.45) is 1.12. The molecule has 0 aliphatic carbocycles. The molecule has 0 bridgehead atoms. The Kier molecular flexibility index (Phi) is 5.03. The molecule has 0 heterocycles. The van der Waals surface area contributed by atoms with E-state index in [1.54, 1.807) is 0 Å². The highest BCUT2D eigenvalue weighted by Crippen LogP contribution is 2.00. The Morgan fingerprint density at radius 1 is 1.50 bits per heavy atom. The average molecular weight is 187 g/mol. The lowest BCUT2D eigenvalue weighted by Crippen LogP contribution is -2.29. The number of rotatable bonds is 3. The van der Waals surface area contributed by atoms with Gasteiger partial charge in [-0.05, 0) is 6.08 Å². The molecule has 0 aromatic heterocycles. The van der Waals surface area contributed by atoms with Crippen molar-refractivity contribution in [3.05, 3.63) is 12.7 Å². The third kappa shape index (κ3) is 5.67. The molecule has 0 saturated heterocycles. The maximum absolute atomic E-state index is 10.7. The van der Waals surface area contributed by atoms with E-state index < -0.39 is 11.8 Å². The molecule has 2 amide bonds. The molecule has 0 aliphatic rings. The number of thioether (sulfide) groups is 1. The second-order valence-corrected chi connectivity index (χ2v) is 2.90. The van der Waals surface area contributed by atoms with E-state index in [1.807, 2.05) is 5.32 Å². The number of amides is 2. The molecule has 12 heavy (non-hydrogen) atoms. The van der Waals surface area contributed by atoms with Crippen LogP contribution in [0.3, 0.4) is 0 Å². The van der Waals surface area contributed by atoms with Gasteiger partial charge in [-0.2, -0.15) is 0 Å². The number of nitrogens with one attached hydrogen (secondary N) is 1. The minimum atomic E-state index is -0.470. The Morgan fingerprint density at radius 2 is 2.08 bits per heavy atom. The lowest BCUT2D eigenvalue weighted by molar-refractivity contribution is -0.127. The van der Waals surface area contributed by atoms with Gasteiger partial charge in [0, 0.05) is 6.92 Å². The first-order chi connectivity index (χ1) is 5.56. The van der Waals surface area contributed by atoms with Crippen LogP contribution in [0.1, 0.15) is 6.92 Å². The van der Waals surface area contributed by atoms with Crippen LogP contribution in [0.15, 0.2) is 12.7 Å². The molecule has 1 N–H and O–H groups in total. The number of carbonyl (C=O) groups is 3. The van der Waals surface area contributed by atoms with E-state index in [4.69, 9.17) is 0 Å².